The zero-order valence-electron chi connectivity index (χ0n) is 19.1. The minimum Gasteiger partial charge on any atom is -0.495 e. The normalized spacial score (nSPS) is 14.6. The molecule has 1 aliphatic heterocycles. The highest BCUT2D eigenvalue weighted by molar-refractivity contribution is 5.85. The van der Waals surface area contributed by atoms with Gasteiger partial charge >= 0.3 is 0 Å². The zero-order chi connectivity index (χ0) is 21.5. The van der Waals surface area contributed by atoms with Gasteiger partial charge in [-0.05, 0) is 36.2 Å². The molecule has 180 valence electrons. The lowest BCUT2D eigenvalue weighted by Gasteiger charge is -2.36. The van der Waals surface area contributed by atoms with Crippen LogP contribution in [0.5, 0.6) is 23.0 Å². The zero-order valence-corrected chi connectivity index (χ0v) is 20.7. The van der Waals surface area contributed by atoms with Crippen LogP contribution in [0.2, 0.25) is 0 Å². The molecule has 7 nitrogen and oxygen atoms in total. The van der Waals surface area contributed by atoms with Crippen molar-refractivity contribution in [3.8, 4) is 23.0 Å². The summed E-state index contributed by atoms with van der Waals surface area (Å²) in [5.74, 6) is 2.54. The molecule has 9 heteroatoms. The van der Waals surface area contributed by atoms with E-state index in [1.165, 1.54) is 0 Å². The standard InChI is InChI=1S/C23H32N2O5.2ClH/c1-27-20-8-6-5-7-18(20)25-13-11-24(12-14-25)10-9-19(26)17-15-21(28-2)23(30-4)22(16-17)29-3;;/h5-8,15-16,19,26H,9-14H2,1-4H3;2*1H. The molecule has 0 spiro atoms. The average molecular weight is 489 g/mol. The number of para-hydroxylation sites is 2. The fraction of sp³-hybridized carbons (Fsp3) is 0.478. The van der Waals surface area contributed by atoms with E-state index in [0.717, 1.165) is 49.7 Å². The first-order chi connectivity index (χ1) is 14.6. The van der Waals surface area contributed by atoms with Gasteiger partial charge in [-0.25, -0.2) is 0 Å². The number of rotatable bonds is 9. The SMILES string of the molecule is COc1ccccc1N1CCN(CCC(O)c2cc(OC)c(OC)c(OC)c2)CC1.Cl.Cl. The van der Waals surface area contributed by atoms with Gasteiger partial charge in [-0.15, -0.1) is 24.8 Å². The van der Waals surface area contributed by atoms with Crippen LogP contribution >= 0.6 is 24.8 Å². The van der Waals surface area contributed by atoms with Crippen molar-refractivity contribution in [1.82, 2.24) is 4.90 Å². The number of aliphatic hydroxyl groups excluding tert-OH is 1. The Morgan fingerprint density at radius 1 is 0.812 bits per heavy atom. The van der Waals surface area contributed by atoms with Crippen molar-refractivity contribution in [3.05, 3.63) is 42.0 Å². The van der Waals surface area contributed by atoms with Crippen molar-refractivity contribution >= 4 is 30.5 Å². The number of ether oxygens (including phenoxy) is 4. The van der Waals surface area contributed by atoms with Crippen LogP contribution in [0, 0.1) is 0 Å². The Hall–Kier alpha value is -2.06. The van der Waals surface area contributed by atoms with E-state index in [9.17, 15) is 5.11 Å². The molecule has 2 aromatic carbocycles. The van der Waals surface area contributed by atoms with Gasteiger partial charge in [-0.2, -0.15) is 0 Å². The molecule has 0 saturated carbocycles. The minimum absolute atomic E-state index is 0. The third kappa shape index (κ3) is 6.48. The van der Waals surface area contributed by atoms with Gasteiger partial charge in [0.1, 0.15) is 5.75 Å². The third-order valence-electron chi connectivity index (χ3n) is 5.59. The number of benzene rings is 2. The molecule has 0 radical (unpaired) electrons. The van der Waals surface area contributed by atoms with Gasteiger partial charge in [-0.3, -0.25) is 4.90 Å². The number of halogens is 2. The molecule has 2 aromatic rings. The quantitative estimate of drug-likeness (QED) is 0.575. The fourth-order valence-electron chi connectivity index (χ4n) is 3.87. The molecule has 0 amide bonds. The second-order valence-corrected chi connectivity index (χ2v) is 7.26. The predicted molar refractivity (Wildman–Crippen MR) is 132 cm³/mol. The number of methoxy groups -OCH3 is 4. The summed E-state index contributed by atoms with van der Waals surface area (Å²) in [5.41, 5.74) is 1.90. The number of anilines is 1. The summed E-state index contributed by atoms with van der Waals surface area (Å²) in [6.07, 6.45) is 0.0266. The monoisotopic (exact) mass is 488 g/mol. The lowest BCUT2D eigenvalue weighted by atomic mass is 10.0. The molecule has 32 heavy (non-hydrogen) atoms. The first-order valence-electron chi connectivity index (χ1n) is 10.2. The van der Waals surface area contributed by atoms with E-state index in [0.29, 0.717) is 23.7 Å². The van der Waals surface area contributed by atoms with E-state index in [1.54, 1.807) is 28.4 Å². The van der Waals surface area contributed by atoms with Gasteiger partial charge in [0.05, 0.1) is 40.2 Å². The number of piperazine rings is 1. The second-order valence-electron chi connectivity index (χ2n) is 7.26. The summed E-state index contributed by atoms with van der Waals surface area (Å²) in [7, 11) is 6.43. The molecule has 1 N–H and O–H groups in total. The smallest absolute Gasteiger partial charge is 0.203 e. The maximum atomic E-state index is 10.7. The van der Waals surface area contributed by atoms with Crippen molar-refractivity contribution < 1.29 is 24.1 Å². The van der Waals surface area contributed by atoms with Crippen LogP contribution in [0.4, 0.5) is 5.69 Å². The molecule has 3 rings (SSSR count). The molecule has 1 atom stereocenters. The number of hydrogen-bond donors (Lipinski definition) is 1. The van der Waals surface area contributed by atoms with Crippen LogP contribution in [0.15, 0.2) is 36.4 Å². The Labute approximate surface area is 203 Å². The van der Waals surface area contributed by atoms with Crippen molar-refractivity contribution in [2.45, 2.75) is 12.5 Å². The van der Waals surface area contributed by atoms with Crippen LogP contribution in [0.3, 0.4) is 0 Å². The summed E-state index contributed by atoms with van der Waals surface area (Å²) in [6, 6.07) is 11.7. The molecule has 0 bridgehead atoms. The highest BCUT2D eigenvalue weighted by Crippen LogP contribution is 2.40. The van der Waals surface area contributed by atoms with Gasteiger partial charge in [0.2, 0.25) is 5.75 Å². The molecule has 1 fully saturated rings. The number of hydrogen-bond acceptors (Lipinski definition) is 7. The molecule has 1 aliphatic rings. The molecular formula is C23H34Cl2N2O5. The first-order valence-corrected chi connectivity index (χ1v) is 10.2. The molecule has 1 unspecified atom stereocenters. The van der Waals surface area contributed by atoms with Crippen molar-refractivity contribution in [2.24, 2.45) is 0 Å². The van der Waals surface area contributed by atoms with Gasteiger partial charge in [0.15, 0.2) is 11.5 Å². The van der Waals surface area contributed by atoms with Gasteiger partial charge < -0.3 is 29.0 Å². The summed E-state index contributed by atoms with van der Waals surface area (Å²) < 4.78 is 21.6. The minimum atomic E-state index is -0.606. The maximum Gasteiger partial charge on any atom is 0.203 e. The van der Waals surface area contributed by atoms with Gasteiger partial charge in [0, 0.05) is 32.7 Å². The van der Waals surface area contributed by atoms with Gasteiger partial charge in [0.25, 0.3) is 0 Å². The average Bonchev–Trinajstić information content (AvgIpc) is 2.81. The second kappa shape index (κ2) is 13.5. The summed E-state index contributed by atoms with van der Waals surface area (Å²) in [5, 5.41) is 10.7. The Balaban J connectivity index is 0.00000256. The molecule has 0 aromatic heterocycles. The molecular weight excluding hydrogens is 455 g/mol. The van der Waals surface area contributed by atoms with E-state index in [4.69, 9.17) is 18.9 Å². The van der Waals surface area contributed by atoms with Crippen LogP contribution in [0.1, 0.15) is 18.1 Å². The predicted octanol–water partition coefficient (Wildman–Crippen LogP) is 3.81. The van der Waals surface area contributed by atoms with Crippen LogP contribution < -0.4 is 23.8 Å². The first kappa shape index (κ1) is 28.0. The van der Waals surface area contributed by atoms with Crippen molar-refractivity contribution in [1.29, 1.82) is 0 Å². The fourth-order valence-corrected chi connectivity index (χ4v) is 3.87. The van der Waals surface area contributed by atoms with Crippen molar-refractivity contribution in [2.75, 3.05) is 66.1 Å². The van der Waals surface area contributed by atoms with Crippen LogP contribution in [-0.2, 0) is 0 Å². The Morgan fingerprint density at radius 2 is 1.38 bits per heavy atom. The van der Waals surface area contributed by atoms with E-state index in [-0.39, 0.29) is 24.8 Å². The Bertz CT molecular complexity index is 807. The molecule has 1 heterocycles. The number of nitrogens with zero attached hydrogens (tertiary/aromatic N) is 2. The van der Waals surface area contributed by atoms with Crippen LogP contribution in [0.25, 0.3) is 0 Å². The highest BCUT2D eigenvalue weighted by atomic mass is 35.5. The third-order valence-corrected chi connectivity index (χ3v) is 5.59. The van der Waals surface area contributed by atoms with E-state index < -0.39 is 6.10 Å². The Morgan fingerprint density at radius 3 is 1.91 bits per heavy atom. The lowest BCUT2D eigenvalue weighted by Crippen LogP contribution is -2.46. The lowest BCUT2D eigenvalue weighted by molar-refractivity contribution is 0.138. The van der Waals surface area contributed by atoms with E-state index in [1.807, 2.05) is 30.3 Å². The van der Waals surface area contributed by atoms with E-state index >= 15 is 0 Å². The topological polar surface area (TPSA) is 63.6 Å². The highest BCUT2D eigenvalue weighted by Gasteiger charge is 2.22. The summed E-state index contributed by atoms with van der Waals surface area (Å²) in [6.45, 7) is 4.57. The van der Waals surface area contributed by atoms with Gasteiger partial charge in [-0.1, -0.05) is 12.1 Å². The van der Waals surface area contributed by atoms with Crippen molar-refractivity contribution in [3.63, 3.8) is 0 Å². The molecule has 0 aliphatic carbocycles. The Kier molecular flexibility index (Phi) is 11.8. The largest absolute Gasteiger partial charge is 0.495 e. The summed E-state index contributed by atoms with van der Waals surface area (Å²) in [4.78, 5) is 4.73. The number of aliphatic hydroxyl groups is 1. The molecule has 1 saturated heterocycles. The van der Waals surface area contributed by atoms with Crippen LogP contribution in [-0.4, -0.2) is 71.2 Å². The van der Waals surface area contributed by atoms with E-state index in [2.05, 4.69) is 15.9 Å². The maximum absolute atomic E-state index is 10.7. The summed E-state index contributed by atoms with van der Waals surface area (Å²) >= 11 is 0.